The fourth-order valence-electron chi connectivity index (χ4n) is 3.07. The average Bonchev–Trinajstić information content (AvgIpc) is 3.41. The second-order valence-electron chi connectivity index (χ2n) is 8.46. The molecule has 0 aromatic carbocycles. The normalized spacial score (nSPS) is 12.1. The molecule has 0 bridgehead atoms. The zero-order valence-corrected chi connectivity index (χ0v) is 19.6. The van der Waals surface area contributed by atoms with Gasteiger partial charge in [-0.15, -0.1) is 5.10 Å². The van der Waals surface area contributed by atoms with Crippen molar-refractivity contribution in [3.8, 4) is 11.1 Å². The predicted octanol–water partition coefficient (Wildman–Crippen LogP) is 1.28. The fourth-order valence-corrected chi connectivity index (χ4v) is 4.48. The van der Waals surface area contributed by atoms with Crippen LogP contribution in [0.15, 0.2) is 54.3 Å². The average molecular weight is 485 g/mol. The van der Waals surface area contributed by atoms with Crippen LogP contribution in [0.5, 0.6) is 0 Å². The Hall–Kier alpha value is -3.91. The number of pyridine rings is 2. The topological polar surface area (TPSA) is 161 Å². The highest BCUT2D eigenvalue weighted by molar-refractivity contribution is 7.89. The number of aromatic nitrogens is 7. The maximum atomic E-state index is 12.7. The van der Waals surface area contributed by atoms with Crippen molar-refractivity contribution in [3.05, 3.63) is 49.4 Å². The van der Waals surface area contributed by atoms with Gasteiger partial charge in [0.2, 0.25) is 10.0 Å². The predicted molar refractivity (Wildman–Crippen MR) is 123 cm³/mol. The number of carbonyl (C=O) groups is 1. The second kappa shape index (κ2) is 9.15. The lowest BCUT2D eigenvalue weighted by molar-refractivity contribution is 0.251. The Morgan fingerprint density at radius 2 is 1.94 bits per heavy atom. The van der Waals surface area contributed by atoms with E-state index in [2.05, 4.69) is 40.5 Å². The van der Waals surface area contributed by atoms with Crippen LogP contribution in [0.25, 0.3) is 16.8 Å². The van der Waals surface area contributed by atoms with Gasteiger partial charge in [-0.3, -0.25) is 15.0 Å². The van der Waals surface area contributed by atoms with E-state index in [4.69, 9.17) is 0 Å². The molecule has 2 amide bonds. The van der Waals surface area contributed by atoms with Crippen LogP contribution in [0.3, 0.4) is 0 Å². The van der Waals surface area contributed by atoms with Crippen LogP contribution in [-0.2, 0) is 16.6 Å². The largest absolute Gasteiger partial charge is 0.336 e. The number of urea groups is 1. The summed E-state index contributed by atoms with van der Waals surface area (Å²) in [6.07, 6.45) is 7.53. The van der Waals surface area contributed by atoms with Gasteiger partial charge in [-0.25, -0.2) is 27.4 Å². The zero-order valence-electron chi connectivity index (χ0n) is 18.8. The SMILES string of the molecule is CC(C)(C)NS(=O)(=O)c1cncc(-c2ccc3nc(NC(=O)NCCn4cncn4)nn3c2)c1. The van der Waals surface area contributed by atoms with E-state index in [0.29, 0.717) is 29.9 Å². The molecule has 0 fully saturated rings. The molecule has 0 saturated carbocycles. The van der Waals surface area contributed by atoms with Crippen molar-refractivity contribution in [1.29, 1.82) is 0 Å². The van der Waals surface area contributed by atoms with E-state index in [1.165, 1.54) is 17.0 Å². The number of fused-ring (bicyclic) bond motifs is 1. The number of sulfonamides is 1. The van der Waals surface area contributed by atoms with E-state index < -0.39 is 21.6 Å². The summed E-state index contributed by atoms with van der Waals surface area (Å²) in [7, 11) is -3.73. The summed E-state index contributed by atoms with van der Waals surface area (Å²) in [6.45, 7) is 6.13. The van der Waals surface area contributed by atoms with E-state index in [1.54, 1.807) is 62.4 Å². The highest BCUT2D eigenvalue weighted by Gasteiger charge is 2.22. The smallest absolute Gasteiger partial charge is 0.321 e. The number of nitrogens with zero attached hydrogens (tertiary/aromatic N) is 7. The standard InChI is InChI=1S/C20H24N10O3S/c1-20(2,3)28-34(32,33)16-8-15(9-21-10-16)14-4-5-17-25-18(27-30(17)11-14)26-19(31)23-6-7-29-13-22-12-24-29/h4-5,8-13,28H,6-7H2,1-3H3,(H2,23,26,27,31). The first kappa shape index (κ1) is 23.3. The minimum absolute atomic E-state index is 0.0588. The monoisotopic (exact) mass is 484 g/mol. The first-order chi connectivity index (χ1) is 16.1. The molecule has 0 radical (unpaired) electrons. The van der Waals surface area contributed by atoms with Gasteiger partial charge in [0.1, 0.15) is 17.6 Å². The molecular weight excluding hydrogens is 460 g/mol. The molecule has 4 aromatic heterocycles. The van der Waals surface area contributed by atoms with Gasteiger partial charge in [-0.1, -0.05) is 0 Å². The highest BCUT2D eigenvalue weighted by Crippen LogP contribution is 2.23. The van der Waals surface area contributed by atoms with Crippen LogP contribution in [-0.4, -0.2) is 60.9 Å². The minimum Gasteiger partial charge on any atom is -0.336 e. The molecule has 0 aliphatic carbocycles. The number of rotatable bonds is 7. The maximum Gasteiger partial charge on any atom is 0.321 e. The van der Waals surface area contributed by atoms with E-state index in [9.17, 15) is 13.2 Å². The molecule has 3 N–H and O–H groups in total. The summed E-state index contributed by atoms with van der Waals surface area (Å²) >= 11 is 0. The Labute approximate surface area is 195 Å². The molecule has 0 aliphatic rings. The first-order valence-corrected chi connectivity index (χ1v) is 11.8. The van der Waals surface area contributed by atoms with Crippen LogP contribution in [0.1, 0.15) is 20.8 Å². The zero-order chi connectivity index (χ0) is 24.3. The van der Waals surface area contributed by atoms with E-state index in [0.717, 1.165) is 0 Å². The third kappa shape index (κ3) is 5.71. The number of carbonyl (C=O) groups excluding carboxylic acids is 1. The summed E-state index contributed by atoms with van der Waals surface area (Å²) < 4.78 is 31.0. The van der Waals surface area contributed by atoms with E-state index in [-0.39, 0.29) is 10.8 Å². The Balaban J connectivity index is 1.47. The summed E-state index contributed by atoms with van der Waals surface area (Å²) in [6, 6.07) is 4.58. The van der Waals surface area contributed by atoms with E-state index >= 15 is 0 Å². The van der Waals surface area contributed by atoms with Gasteiger partial charge in [-0.05, 0) is 39.0 Å². The van der Waals surface area contributed by atoms with Gasteiger partial charge in [0.25, 0.3) is 5.95 Å². The molecular formula is C20H24N10O3S. The number of hydrogen-bond donors (Lipinski definition) is 3. The second-order valence-corrected chi connectivity index (χ2v) is 10.1. The Morgan fingerprint density at radius 1 is 1.12 bits per heavy atom. The molecule has 4 rings (SSSR count). The van der Waals surface area contributed by atoms with Gasteiger partial charge in [0, 0.05) is 41.8 Å². The summed E-state index contributed by atoms with van der Waals surface area (Å²) in [5.74, 6) is 0.124. The Morgan fingerprint density at radius 3 is 2.68 bits per heavy atom. The molecule has 13 nitrogen and oxygen atoms in total. The van der Waals surface area contributed by atoms with Gasteiger partial charge >= 0.3 is 6.03 Å². The Bertz CT molecular complexity index is 1410. The highest BCUT2D eigenvalue weighted by atomic mass is 32.2. The maximum absolute atomic E-state index is 12.7. The molecule has 178 valence electrons. The lowest BCUT2D eigenvalue weighted by atomic mass is 10.1. The molecule has 0 unspecified atom stereocenters. The lowest BCUT2D eigenvalue weighted by Gasteiger charge is -2.20. The van der Waals surface area contributed by atoms with Crippen LogP contribution in [0.2, 0.25) is 0 Å². The van der Waals surface area contributed by atoms with Crippen molar-refractivity contribution < 1.29 is 13.2 Å². The molecule has 4 heterocycles. The van der Waals surface area contributed by atoms with Gasteiger partial charge in [0.15, 0.2) is 5.65 Å². The van der Waals surface area contributed by atoms with Crippen LogP contribution in [0.4, 0.5) is 10.7 Å². The number of hydrogen-bond acceptors (Lipinski definition) is 8. The van der Waals surface area contributed by atoms with Crippen molar-refractivity contribution in [2.24, 2.45) is 0 Å². The van der Waals surface area contributed by atoms with Crippen LogP contribution < -0.4 is 15.4 Å². The third-order valence-electron chi connectivity index (χ3n) is 4.45. The number of nitrogens with one attached hydrogen (secondary N) is 3. The van der Waals surface area contributed by atoms with Crippen molar-refractivity contribution in [1.82, 2.24) is 44.4 Å². The summed E-state index contributed by atoms with van der Waals surface area (Å²) in [5, 5.41) is 13.5. The van der Waals surface area contributed by atoms with Crippen LogP contribution in [0, 0.1) is 0 Å². The van der Waals surface area contributed by atoms with Gasteiger partial charge < -0.3 is 5.32 Å². The molecule has 0 aliphatic heterocycles. The molecule has 0 spiro atoms. The molecule has 0 atom stereocenters. The summed E-state index contributed by atoms with van der Waals surface area (Å²) in [5.41, 5.74) is 1.16. The Kier molecular flexibility index (Phi) is 6.26. The van der Waals surface area contributed by atoms with Gasteiger partial charge in [-0.2, -0.15) is 10.1 Å². The fraction of sp³-hybridized carbons (Fsp3) is 0.300. The van der Waals surface area contributed by atoms with Crippen molar-refractivity contribution in [3.63, 3.8) is 0 Å². The van der Waals surface area contributed by atoms with Crippen LogP contribution >= 0.6 is 0 Å². The third-order valence-corrected chi connectivity index (χ3v) is 6.17. The molecule has 4 aromatic rings. The van der Waals surface area contributed by atoms with Crippen molar-refractivity contribution >= 4 is 27.6 Å². The van der Waals surface area contributed by atoms with Crippen molar-refractivity contribution in [2.45, 2.75) is 37.8 Å². The first-order valence-electron chi connectivity index (χ1n) is 10.3. The number of amides is 2. The minimum atomic E-state index is -3.73. The van der Waals surface area contributed by atoms with Gasteiger partial charge in [0.05, 0.1) is 6.54 Å². The number of anilines is 1. The summed E-state index contributed by atoms with van der Waals surface area (Å²) in [4.78, 5) is 24.4. The quantitative estimate of drug-likeness (QED) is 0.353. The lowest BCUT2D eigenvalue weighted by Crippen LogP contribution is -2.40. The molecule has 34 heavy (non-hydrogen) atoms. The molecule has 0 saturated heterocycles. The molecule has 14 heteroatoms. The van der Waals surface area contributed by atoms with E-state index in [1.807, 2.05) is 0 Å². The van der Waals surface area contributed by atoms with Crippen molar-refractivity contribution in [2.75, 3.05) is 11.9 Å².